The summed E-state index contributed by atoms with van der Waals surface area (Å²) >= 11 is 0. The molecule has 17 heavy (non-hydrogen) atoms. The second-order valence-electron chi connectivity index (χ2n) is 4.74. The molecule has 2 atom stereocenters. The number of rotatable bonds is 6. The minimum absolute atomic E-state index is 0.00652. The summed E-state index contributed by atoms with van der Waals surface area (Å²) in [6.07, 6.45) is 2.25. The lowest BCUT2D eigenvalue weighted by atomic mass is 10.0. The lowest BCUT2D eigenvalue weighted by molar-refractivity contribution is -0.146. The smallest absolute Gasteiger partial charge is 0.323 e. The average molecular weight is 242 g/mol. The van der Waals surface area contributed by atoms with Gasteiger partial charge in [0.15, 0.2) is 0 Å². The number of carboxylic acid groups (broad SMARTS) is 1. The van der Waals surface area contributed by atoms with Crippen molar-refractivity contribution in [3.05, 3.63) is 0 Å². The molecule has 1 aliphatic rings. The first-order chi connectivity index (χ1) is 8.04. The molecular formula is C12H22N2O3. The molecule has 1 aliphatic heterocycles. The van der Waals surface area contributed by atoms with Gasteiger partial charge in [-0.05, 0) is 38.8 Å². The molecular weight excluding hydrogens is 220 g/mol. The lowest BCUT2D eigenvalue weighted by Gasteiger charge is -2.28. The van der Waals surface area contributed by atoms with Gasteiger partial charge >= 0.3 is 5.97 Å². The number of hydrogen-bond acceptors (Lipinski definition) is 3. The van der Waals surface area contributed by atoms with Gasteiger partial charge in [-0.25, -0.2) is 0 Å². The maximum Gasteiger partial charge on any atom is 0.323 e. The molecule has 0 aromatic carbocycles. The predicted molar refractivity (Wildman–Crippen MR) is 64.7 cm³/mol. The van der Waals surface area contributed by atoms with Crippen LogP contribution in [0.25, 0.3) is 0 Å². The fraction of sp³-hybridized carbons (Fsp3) is 0.833. The number of nitrogens with one attached hydrogen (secondary N) is 1. The SMILES string of the molecule is CCC(C)N(CC(=O)O)C(=O)CC1CCNC1. The third kappa shape index (κ3) is 4.34. The monoisotopic (exact) mass is 242 g/mol. The topological polar surface area (TPSA) is 69.6 Å². The number of carbonyl (C=O) groups excluding carboxylic acids is 1. The molecule has 2 unspecified atom stereocenters. The zero-order chi connectivity index (χ0) is 12.8. The molecule has 1 saturated heterocycles. The third-order valence-electron chi connectivity index (χ3n) is 3.37. The van der Waals surface area contributed by atoms with E-state index >= 15 is 0 Å². The van der Waals surface area contributed by atoms with Gasteiger partial charge in [-0.15, -0.1) is 0 Å². The standard InChI is InChI=1S/C12H22N2O3/c1-3-9(2)14(8-12(16)17)11(15)6-10-4-5-13-7-10/h9-10,13H,3-8H2,1-2H3,(H,16,17). The Morgan fingerprint density at radius 3 is 2.71 bits per heavy atom. The van der Waals surface area contributed by atoms with Crippen LogP contribution in [-0.2, 0) is 9.59 Å². The summed E-state index contributed by atoms with van der Waals surface area (Å²) in [6.45, 7) is 5.50. The molecule has 5 heteroatoms. The van der Waals surface area contributed by atoms with Crippen LogP contribution in [0.5, 0.6) is 0 Å². The first-order valence-corrected chi connectivity index (χ1v) is 6.26. The molecule has 1 heterocycles. The van der Waals surface area contributed by atoms with E-state index in [1.54, 1.807) is 0 Å². The van der Waals surface area contributed by atoms with E-state index in [-0.39, 0.29) is 18.5 Å². The maximum absolute atomic E-state index is 12.1. The Labute approximate surface area is 102 Å². The fourth-order valence-corrected chi connectivity index (χ4v) is 2.11. The van der Waals surface area contributed by atoms with Gasteiger partial charge in [-0.2, -0.15) is 0 Å². The Bertz CT molecular complexity index is 275. The van der Waals surface area contributed by atoms with Crippen LogP contribution in [0.1, 0.15) is 33.1 Å². The number of carboxylic acids is 1. The predicted octanol–water partition coefficient (Wildman–Crippen LogP) is 0.698. The van der Waals surface area contributed by atoms with Crippen LogP contribution in [0.15, 0.2) is 0 Å². The molecule has 0 aliphatic carbocycles. The first kappa shape index (κ1) is 14.0. The van der Waals surface area contributed by atoms with Crippen molar-refractivity contribution in [2.75, 3.05) is 19.6 Å². The average Bonchev–Trinajstić information content (AvgIpc) is 2.77. The minimum atomic E-state index is -0.941. The summed E-state index contributed by atoms with van der Waals surface area (Å²) in [7, 11) is 0. The molecule has 98 valence electrons. The van der Waals surface area contributed by atoms with Crippen molar-refractivity contribution < 1.29 is 14.7 Å². The molecule has 0 aromatic heterocycles. The van der Waals surface area contributed by atoms with Gasteiger partial charge in [-0.1, -0.05) is 6.92 Å². The van der Waals surface area contributed by atoms with Crippen molar-refractivity contribution in [1.82, 2.24) is 10.2 Å². The molecule has 2 N–H and O–H groups in total. The second kappa shape index (κ2) is 6.59. The molecule has 0 aromatic rings. The largest absolute Gasteiger partial charge is 0.480 e. The van der Waals surface area contributed by atoms with Crippen LogP contribution < -0.4 is 5.32 Å². The van der Waals surface area contributed by atoms with Crippen LogP contribution in [-0.4, -0.2) is 47.6 Å². The Morgan fingerprint density at radius 2 is 2.24 bits per heavy atom. The van der Waals surface area contributed by atoms with Gasteiger partial charge in [0.05, 0.1) is 0 Å². The van der Waals surface area contributed by atoms with Crippen molar-refractivity contribution >= 4 is 11.9 Å². The summed E-state index contributed by atoms with van der Waals surface area (Å²) in [5.41, 5.74) is 0. The summed E-state index contributed by atoms with van der Waals surface area (Å²) < 4.78 is 0. The maximum atomic E-state index is 12.1. The van der Waals surface area contributed by atoms with Crippen molar-refractivity contribution in [2.24, 2.45) is 5.92 Å². The van der Waals surface area contributed by atoms with Crippen LogP contribution >= 0.6 is 0 Å². The van der Waals surface area contributed by atoms with Gasteiger partial charge in [-0.3, -0.25) is 9.59 Å². The highest BCUT2D eigenvalue weighted by atomic mass is 16.4. The van der Waals surface area contributed by atoms with Crippen molar-refractivity contribution in [3.8, 4) is 0 Å². The van der Waals surface area contributed by atoms with Crippen LogP contribution in [0.3, 0.4) is 0 Å². The number of nitrogens with zero attached hydrogens (tertiary/aromatic N) is 1. The molecule has 0 spiro atoms. The molecule has 0 radical (unpaired) electrons. The summed E-state index contributed by atoms with van der Waals surface area (Å²) in [5.74, 6) is -0.610. The van der Waals surface area contributed by atoms with Gasteiger partial charge in [0.1, 0.15) is 6.54 Å². The summed E-state index contributed by atoms with van der Waals surface area (Å²) in [6, 6.07) is -0.00652. The Morgan fingerprint density at radius 1 is 1.53 bits per heavy atom. The van der Waals surface area contributed by atoms with E-state index in [1.165, 1.54) is 4.90 Å². The van der Waals surface area contributed by atoms with Gasteiger partial charge in [0.2, 0.25) is 5.91 Å². The Hall–Kier alpha value is -1.10. The molecule has 1 rings (SSSR count). The minimum Gasteiger partial charge on any atom is -0.480 e. The summed E-state index contributed by atoms with van der Waals surface area (Å²) in [5, 5.41) is 12.0. The van der Waals surface area contributed by atoms with Crippen LogP contribution in [0, 0.1) is 5.92 Å². The highest BCUT2D eigenvalue weighted by molar-refractivity contribution is 5.81. The van der Waals surface area contributed by atoms with E-state index < -0.39 is 5.97 Å². The van der Waals surface area contributed by atoms with E-state index in [1.807, 2.05) is 13.8 Å². The van der Waals surface area contributed by atoms with E-state index in [9.17, 15) is 9.59 Å². The zero-order valence-corrected chi connectivity index (χ0v) is 10.6. The van der Waals surface area contributed by atoms with Crippen molar-refractivity contribution in [2.45, 2.75) is 39.2 Å². The van der Waals surface area contributed by atoms with E-state index in [2.05, 4.69) is 5.32 Å². The highest BCUT2D eigenvalue weighted by Gasteiger charge is 2.25. The number of hydrogen-bond donors (Lipinski definition) is 2. The van der Waals surface area contributed by atoms with Crippen LogP contribution in [0.4, 0.5) is 0 Å². The molecule has 5 nitrogen and oxygen atoms in total. The molecule has 0 saturated carbocycles. The first-order valence-electron chi connectivity index (χ1n) is 6.26. The highest BCUT2D eigenvalue weighted by Crippen LogP contribution is 2.15. The number of amides is 1. The van der Waals surface area contributed by atoms with E-state index in [0.29, 0.717) is 12.3 Å². The van der Waals surface area contributed by atoms with Gasteiger partial charge < -0.3 is 15.3 Å². The Balaban J connectivity index is 2.54. The van der Waals surface area contributed by atoms with Crippen molar-refractivity contribution in [1.29, 1.82) is 0 Å². The molecule has 1 amide bonds. The number of aliphatic carboxylic acids is 1. The lowest BCUT2D eigenvalue weighted by Crippen LogP contribution is -2.42. The zero-order valence-electron chi connectivity index (χ0n) is 10.6. The number of carbonyl (C=O) groups is 2. The van der Waals surface area contributed by atoms with Crippen LogP contribution in [0.2, 0.25) is 0 Å². The van der Waals surface area contributed by atoms with E-state index in [0.717, 1.165) is 25.9 Å². The van der Waals surface area contributed by atoms with Crippen molar-refractivity contribution in [3.63, 3.8) is 0 Å². The van der Waals surface area contributed by atoms with Gasteiger partial charge in [0.25, 0.3) is 0 Å². The van der Waals surface area contributed by atoms with Gasteiger partial charge in [0, 0.05) is 12.5 Å². The second-order valence-corrected chi connectivity index (χ2v) is 4.74. The quantitative estimate of drug-likeness (QED) is 0.719. The third-order valence-corrected chi connectivity index (χ3v) is 3.37. The fourth-order valence-electron chi connectivity index (χ4n) is 2.11. The van der Waals surface area contributed by atoms with E-state index in [4.69, 9.17) is 5.11 Å². The Kier molecular flexibility index (Phi) is 5.41. The summed E-state index contributed by atoms with van der Waals surface area (Å²) in [4.78, 5) is 24.3. The normalized spacial score (nSPS) is 21.2. The molecule has 1 fully saturated rings. The molecule has 0 bridgehead atoms.